The lowest BCUT2D eigenvalue weighted by atomic mass is 9.88. The van der Waals surface area contributed by atoms with E-state index in [0.29, 0.717) is 5.92 Å². The number of ether oxygens (including phenoxy) is 1. The first-order chi connectivity index (χ1) is 8.25. The largest absolute Gasteiger partial charge is 0.393 e. The number of hydrogen-bond donors (Lipinski definition) is 1. The van der Waals surface area contributed by atoms with Crippen LogP contribution in [0.5, 0.6) is 0 Å². The third kappa shape index (κ3) is 4.23. The second-order valence-corrected chi connectivity index (χ2v) is 5.92. The molecular formula is C14H27NO2. The number of aliphatic hydroxyl groups is 1. The zero-order chi connectivity index (χ0) is 12.1. The van der Waals surface area contributed by atoms with Gasteiger partial charge in [-0.1, -0.05) is 19.3 Å². The van der Waals surface area contributed by atoms with E-state index in [4.69, 9.17) is 4.74 Å². The zero-order valence-corrected chi connectivity index (χ0v) is 11.1. The minimum Gasteiger partial charge on any atom is -0.393 e. The lowest BCUT2D eigenvalue weighted by molar-refractivity contribution is -0.0457. The van der Waals surface area contributed by atoms with Gasteiger partial charge in [-0.05, 0) is 32.2 Å². The zero-order valence-electron chi connectivity index (χ0n) is 11.1. The van der Waals surface area contributed by atoms with Gasteiger partial charge in [0.25, 0.3) is 0 Å². The van der Waals surface area contributed by atoms with Crippen molar-refractivity contribution in [2.45, 2.75) is 44.6 Å². The van der Waals surface area contributed by atoms with E-state index in [-0.39, 0.29) is 6.10 Å². The summed E-state index contributed by atoms with van der Waals surface area (Å²) in [6.45, 7) is 3.64. The van der Waals surface area contributed by atoms with Crippen molar-refractivity contribution in [3.8, 4) is 0 Å². The molecule has 2 unspecified atom stereocenters. The van der Waals surface area contributed by atoms with Gasteiger partial charge in [-0.3, -0.25) is 0 Å². The van der Waals surface area contributed by atoms with Crippen LogP contribution in [-0.4, -0.2) is 49.5 Å². The Kier molecular flexibility index (Phi) is 5.26. The first-order valence-electron chi connectivity index (χ1n) is 7.20. The van der Waals surface area contributed by atoms with Crippen molar-refractivity contribution >= 4 is 0 Å². The molecule has 1 saturated carbocycles. The van der Waals surface area contributed by atoms with Crippen LogP contribution in [-0.2, 0) is 4.74 Å². The predicted molar refractivity (Wildman–Crippen MR) is 69.0 cm³/mol. The number of aliphatic hydroxyl groups excluding tert-OH is 1. The molecule has 1 aliphatic heterocycles. The van der Waals surface area contributed by atoms with Crippen LogP contribution in [0.1, 0.15) is 38.5 Å². The van der Waals surface area contributed by atoms with Crippen LogP contribution in [0.15, 0.2) is 0 Å². The van der Waals surface area contributed by atoms with E-state index in [2.05, 4.69) is 11.9 Å². The molecule has 0 spiro atoms. The summed E-state index contributed by atoms with van der Waals surface area (Å²) in [4.78, 5) is 2.40. The van der Waals surface area contributed by atoms with Gasteiger partial charge in [0.1, 0.15) is 0 Å². The highest BCUT2D eigenvalue weighted by Gasteiger charge is 2.25. The predicted octanol–water partition coefficient (Wildman–Crippen LogP) is 1.90. The van der Waals surface area contributed by atoms with Gasteiger partial charge in [-0.25, -0.2) is 0 Å². The average Bonchev–Trinajstić information content (AvgIpc) is 2.33. The highest BCUT2D eigenvalue weighted by atomic mass is 16.5. The van der Waals surface area contributed by atoms with Crippen LogP contribution in [0.3, 0.4) is 0 Å². The molecule has 17 heavy (non-hydrogen) atoms. The summed E-state index contributed by atoms with van der Waals surface area (Å²) in [5, 5.41) is 9.92. The van der Waals surface area contributed by atoms with E-state index < -0.39 is 0 Å². The molecule has 0 amide bonds. The number of nitrogens with zero attached hydrogens (tertiary/aromatic N) is 1. The second-order valence-electron chi connectivity index (χ2n) is 5.92. The Morgan fingerprint density at radius 2 is 1.88 bits per heavy atom. The van der Waals surface area contributed by atoms with Crippen LogP contribution in [0, 0.1) is 11.8 Å². The van der Waals surface area contributed by atoms with Crippen molar-refractivity contribution in [1.29, 1.82) is 0 Å². The van der Waals surface area contributed by atoms with E-state index >= 15 is 0 Å². The summed E-state index contributed by atoms with van der Waals surface area (Å²) in [5.41, 5.74) is 0. The third-order valence-electron chi connectivity index (χ3n) is 4.27. The molecule has 1 heterocycles. The maximum atomic E-state index is 9.92. The minimum absolute atomic E-state index is 0.155. The quantitative estimate of drug-likeness (QED) is 0.816. The molecule has 3 nitrogen and oxygen atoms in total. The SMILES string of the molecule is CN(CC1CCCCC1)CC1COCCC1O. The Morgan fingerprint density at radius 1 is 1.12 bits per heavy atom. The van der Waals surface area contributed by atoms with Crippen LogP contribution in [0.25, 0.3) is 0 Å². The average molecular weight is 241 g/mol. The maximum Gasteiger partial charge on any atom is 0.0624 e. The molecule has 1 aliphatic carbocycles. The highest BCUT2D eigenvalue weighted by Crippen LogP contribution is 2.24. The van der Waals surface area contributed by atoms with E-state index in [1.165, 1.54) is 38.6 Å². The second kappa shape index (κ2) is 6.72. The fourth-order valence-electron chi connectivity index (χ4n) is 3.25. The Hall–Kier alpha value is -0.120. The normalized spacial score (nSPS) is 31.9. The molecule has 3 heteroatoms. The van der Waals surface area contributed by atoms with Crippen LogP contribution in [0.2, 0.25) is 0 Å². The fraction of sp³-hybridized carbons (Fsp3) is 1.00. The van der Waals surface area contributed by atoms with Crippen LogP contribution < -0.4 is 0 Å². The molecule has 100 valence electrons. The summed E-state index contributed by atoms with van der Waals surface area (Å²) in [7, 11) is 2.19. The van der Waals surface area contributed by atoms with Gasteiger partial charge in [0.2, 0.25) is 0 Å². The van der Waals surface area contributed by atoms with E-state index in [0.717, 1.165) is 32.1 Å². The summed E-state index contributed by atoms with van der Waals surface area (Å²) >= 11 is 0. The van der Waals surface area contributed by atoms with Gasteiger partial charge in [0.05, 0.1) is 12.7 Å². The standard InChI is InChI=1S/C14H27NO2/c1-15(9-12-5-3-2-4-6-12)10-13-11-17-8-7-14(13)16/h12-14,16H,2-11H2,1H3. The van der Waals surface area contributed by atoms with E-state index in [1.807, 2.05) is 0 Å². The molecule has 2 atom stereocenters. The molecule has 0 radical (unpaired) electrons. The molecule has 0 bridgehead atoms. The highest BCUT2D eigenvalue weighted by molar-refractivity contribution is 4.77. The van der Waals surface area contributed by atoms with Crippen molar-refractivity contribution in [3.63, 3.8) is 0 Å². The number of rotatable bonds is 4. The van der Waals surface area contributed by atoms with Crippen LogP contribution in [0.4, 0.5) is 0 Å². The summed E-state index contributed by atoms with van der Waals surface area (Å²) in [6, 6.07) is 0. The molecule has 0 aromatic rings. The monoisotopic (exact) mass is 241 g/mol. The summed E-state index contributed by atoms with van der Waals surface area (Å²) in [5.74, 6) is 1.20. The van der Waals surface area contributed by atoms with Crippen molar-refractivity contribution < 1.29 is 9.84 Å². The van der Waals surface area contributed by atoms with Gasteiger partial charge in [-0.15, -0.1) is 0 Å². The Labute approximate surface area is 105 Å². The van der Waals surface area contributed by atoms with E-state index in [9.17, 15) is 5.11 Å². The Morgan fingerprint density at radius 3 is 2.59 bits per heavy atom. The lowest BCUT2D eigenvalue weighted by Crippen LogP contribution is -2.41. The molecule has 2 fully saturated rings. The number of hydrogen-bond acceptors (Lipinski definition) is 3. The molecule has 0 aromatic heterocycles. The Bertz CT molecular complexity index is 216. The van der Waals surface area contributed by atoms with Gasteiger partial charge >= 0.3 is 0 Å². The van der Waals surface area contributed by atoms with Crippen molar-refractivity contribution in [1.82, 2.24) is 4.90 Å². The molecule has 1 N–H and O–H groups in total. The van der Waals surface area contributed by atoms with Crippen molar-refractivity contribution in [2.24, 2.45) is 11.8 Å². The maximum absolute atomic E-state index is 9.92. The minimum atomic E-state index is -0.155. The summed E-state index contributed by atoms with van der Waals surface area (Å²) < 4.78 is 5.46. The Balaban J connectivity index is 1.70. The molecule has 2 rings (SSSR count). The molecule has 0 aromatic carbocycles. The third-order valence-corrected chi connectivity index (χ3v) is 4.27. The topological polar surface area (TPSA) is 32.7 Å². The fourth-order valence-corrected chi connectivity index (χ4v) is 3.25. The first kappa shape index (κ1) is 13.3. The molecule has 1 saturated heterocycles. The van der Waals surface area contributed by atoms with Gasteiger partial charge in [-0.2, -0.15) is 0 Å². The molecular weight excluding hydrogens is 214 g/mol. The van der Waals surface area contributed by atoms with E-state index in [1.54, 1.807) is 0 Å². The smallest absolute Gasteiger partial charge is 0.0624 e. The summed E-state index contributed by atoms with van der Waals surface area (Å²) in [6.07, 6.45) is 7.69. The van der Waals surface area contributed by atoms with Gasteiger partial charge in [0, 0.05) is 25.6 Å². The first-order valence-corrected chi connectivity index (χ1v) is 7.20. The molecule has 2 aliphatic rings. The van der Waals surface area contributed by atoms with Gasteiger partial charge < -0.3 is 14.7 Å². The van der Waals surface area contributed by atoms with Crippen LogP contribution >= 0.6 is 0 Å². The van der Waals surface area contributed by atoms with Crippen molar-refractivity contribution in [3.05, 3.63) is 0 Å². The lowest BCUT2D eigenvalue weighted by Gasteiger charge is -2.33. The van der Waals surface area contributed by atoms with Crippen molar-refractivity contribution in [2.75, 3.05) is 33.4 Å². The van der Waals surface area contributed by atoms with Gasteiger partial charge in [0.15, 0.2) is 0 Å².